The first-order chi connectivity index (χ1) is 8.70. The zero-order valence-electron chi connectivity index (χ0n) is 10.7. The molecule has 1 aromatic rings. The minimum Gasteiger partial charge on any atom is -0.497 e. The molecule has 0 radical (unpaired) electrons. The molecule has 2 unspecified atom stereocenters. The van der Waals surface area contributed by atoms with Gasteiger partial charge in [-0.3, -0.25) is 4.79 Å². The van der Waals surface area contributed by atoms with Gasteiger partial charge in [0.1, 0.15) is 5.75 Å². The number of carbonyl (C=O) groups excluding carboxylic acids is 1. The topological polar surface area (TPSA) is 64.3 Å². The van der Waals surface area contributed by atoms with Gasteiger partial charge in [0.25, 0.3) is 5.91 Å². The number of methoxy groups -OCH3 is 1. The number of hydrogen-bond acceptors (Lipinski definition) is 3. The minimum atomic E-state index is -0.0729. The molecular formula is C14H20N2O2. The SMILES string of the molecule is COc1cccc(C(=O)NC2CCCCC2N)c1. The van der Waals surface area contributed by atoms with Crippen molar-refractivity contribution in [2.75, 3.05) is 7.11 Å². The number of amides is 1. The standard InChI is InChI=1S/C14H20N2O2/c1-18-11-6-4-5-10(9-11)14(17)16-13-8-3-2-7-12(13)15/h4-6,9,12-13H,2-3,7-8,15H2,1H3,(H,16,17). The summed E-state index contributed by atoms with van der Waals surface area (Å²) in [6, 6.07) is 7.33. The van der Waals surface area contributed by atoms with E-state index in [1.807, 2.05) is 12.1 Å². The molecule has 1 fully saturated rings. The van der Waals surface area contributed by atoms with E-state index in [0.717, 1.165) is 25.7 Å². The molecular weight excluding hydrogens is 228 g/mol. The first-order valence-corrected chi connectivity index (χ1v) is 6.41. The molecule has 1 aromatic carbocycles. The molecule has 98 valence electrons. The monoisotopic (exact) mass is 248 g/mol. The van der Waals surface area contributed by atoms with Crippen molar-refractivity contribution in [3.05, 3.63) is 29.8 Å². The van der Waals surface area contributed by atoms with Crippen LogP contribution in [-0.2, 0) is 0 Å². The van der Waals surface area contributed by atoms with Gasteiger partial charge in [0, 0.05) is 17.6 Å². The Bertz CT molecular complexity index is 420. The number of carbonyl (C=O) groups is 1. The Labute approximate surface area is 108 Å². The van der Waals surface area contributed by atoms with Gasteiger partial charge in [-0.1, -0.05) is 18.9 Å². The molecule has 1 aliphatic carbocycles. The average molecular weight is 248 g/mol. The van der Waals surface area contributed by atoms with Crippen molar-refractivity contribution in [2.45, 2.75) is 37.8 Å². The normalized spacial score (nSPS) is 23.4. The van der Waals surface area contributed by atoms with E-state index >= 15 is 0 Å². The highest BCUT2D eigenvalue weighted by atomic mass is 16.5. The van der Waals surface area contributed by atoms with Crippen LogP contribution in [0.4, 0.5) is 0 Å². The van der Waals surface area contributed by atoms with E-state index < -0.39 is 0 Å². The summed E-state index contributed by atoms with van der Waals surface area (Å²) in [6.45, 7) is 0. The van der Waals surface area contributed by atoms with Crippen molar-refractivity contribution >= 4 is 5.91 Å². The third-order valence-electron chi connectivity index (χ3n) is 3.47. The van der Waals surface area contributed by atoms with E-state index in [1.54, 1.807) is 19.2 Å². The van der Waals surface area contributed by atoms with Gasteiger partial charge < -0.3 is 15.8 Å². The number of rotatable bonds is 3. The van der Waals surface area contributed by atoms with Crippen LogP contribution in [0, 0.1) is 0 Å². The minimum absolute atomic E-state index is 0.0729. The number of ether oxygens (including phenoxy) is 1. The summed E-state index contributed by atoms with van der Waals surface area (Å²) < 4.78 is 5.11. The molecule has 2 rings (SSSR count). The van der Waals surface area contributed by atoms with E-state index in [2.05, 4.69) is 5.32 Å². The zero-order chi connectivity index (χ0) is 13.0. The van der Waals surface area contributed by atoms with Gasteiger partial charge in [-0.15, -0.1) is 0 Å². The molecule has 0 aromatic heterocycles. The quantitative estimate of drug-likeness (QED) is 0.855. The fourth-order valence-corrected chi connectivity index (χ4v) is 2.35. The molecule has 0 bridgehead atoms. The smallest absolute Gasteiger partial charge is 0.251 e. The molecule has 18 heavy (non-hydrogen) atoms. The maximum absolute atomic E-state index is 12.1. The molecule has 1 saturated carbocycles. The second kappa shape index (κ2) is 5.87. The summed E-state index contributed by atoms with van der Waals surface area (Å²) in [5.41, 5.74) is 6.64. The van der Waals surface area contributed by atoms with Crippen LogP contribution in [0.3, 0.4) is 0 Å². The molecule has 1 aliphatic rings. The molecule has 0 heterocycles. The van der Waals surface area contributed by atoms with E-state index in [4.69, 9.17) is 10.5 Å². The van der Waals surface area contributed by atoms with Gasteiger partial charge in [0.2, 0.25) is 0 Å². The first kappa shape index (κ1) is 12.9. The fraction of sp³-hybridized carbons (Fsp3) is 0.500. The third-order valence-corrected chi connectivity index (χ3v) is 3.47. The molecule has 0 spiro atoms. The third kappa shape index (κ3) is 3.01. The molecule has 0 aliphatic heterocycles. The largest absolute Gasteiger partial charge is 0.497 e. The molecule has 3 N–H and O–H groups in total. The van der Waals surface area contributed by atoms with Crippen LogP contribution in [0.15, 0.2) is 24.3 Å². The lowest BCUT2D eigenvalue weighted by molar-refractivity contribution is 0.0921. The zero-order valence-corrected chi connectivity index (χ0v) is 10.7. The van der Waals surface area contributed by atoms with Crippen LogP contribution in [0.5, 0.6) is 5.75 Å². The van der Waals surface area contributed by atoms with Gasteiger partial charge in [-0.25, -0.2) is 0 Å². The lowest BCUT2D eigenvalue weighted by Crippen LogP contribution is -2.49. The van der Waals surface area contributed by atoms with Crippen LogP contribution in [-0.4, -0.2) is 25.1 Å². The van der Waals surface area contributed by atoms with E-state index in [-0.39, 0.29) is 18.0 Å². The summed E-state index contributed by atoms with van der Waals surface area (Å²) in [7, 11) is 1.59. The molecule has 2 atom stereocenters. The van der Waals surface area contributed by atoms with Gasteiger partial charge in [0.05, 0.1) is 7.11 Å². The Kier molecular flexibility index (Phi) is 4.20. The van der Waals surface area contributed by atoms with Gasteiger partial charge in [0.15, 0.2) is 0 Å². The maximum atomic E-state index is 12.1. The average Bonchev–Trinajstić information content (AvgIpc) is 2.41. The highest BCUT2D eigenvalue weighted by Crippen LogP contribution is 2.18. The Hall–Kier alpha value is -1.55. The van der Waals surface area contributed by atoms with E-state index in [9.17, 15) is 4.79 Å². The Balaban J connectivity index is 2.02. The summed E-state index contributed by atoms with van der Waals surface area (Å²) in [5.74, 6) is 0.617. The van der Waals surface area contributed by atoms with Crippen LogP contribution < -0.4 is 15.8 Å². The predicted octanol–water partition coefficient (Wildman–Crippen LogP) is 1.69. The molecule has 4 heteroatoms. The number of benzene rings is 1. The van der Waals surface area contributed by atoms with E-state index in [0.29, 0.717) is 11.3 Å². The summed E-state index contributed by atoms with van der Waals surface area (Å²) in [6.07, 6.45) is 4.25. The second-order valence-corrected chi connectivity index (χ2v) is 4.76. The fourth-order valence-electron chi connectivity index (χ4n) is 2.35. The van der Waals surface area contributed by atoms with Gasteiger partial charge in [-0.2, -0.15) is 0 Å². The summed E-state index contributed by atoms with van der Waals surface area (Å²) in [4.78, 5) is 12.1. The van der Waals surface area contributed by atoms with Crippen molar-refractivity contribution in [1.82, 2.24) is 5.32 Å². The van der Waals surface area contributed by atoms with Gasteiger partial charge >= 0.3 is 0 Å². The summed E-state index contributed by atoms with van der Waals surface area (Å²) in [5, 5.41) is 3.02. The highest BCUT2D eigenvalue weighted by molar-refractivity contribution is 5.94. The van der Waals surface area contributed by atoms with Crippen LogP contribution in [0.1, 0.15) is 36.0 Å². The lowest BCUT2D eigenvalue weighted by Gasteiger charge is -2.29. The maximum Gasteiger partial charge on any atom is 0.251 e. The number of nitrogens with two attached hydrogens (primary N) is 1. The van der Waals surface area contributed by atoms with Crippen molar-refractivity contribution in [2.24, 2.45) is 5.73 Å². The number of hydrogen-bond donors (Lipinski definition) is 2. The Morgan fingerprint density at radius 3 is 2.89 bits per heavy atom. The summed E-state index contributed by atoms with van der Waals surface area (Å²) >= 11 is 0. The van der Waals surface area contributed by atoms with Crippen molar-refractivity contribution in [3.8, 4) is 5.75 Å². The Morgan fingerprint density at radius 1 is 1.39 bits per heavy atom. The van der Waals surface area contributed by atoms with Crippen LogP contribution >= 0.6 is 0 Å². The molecule has 1 amide bonds. The van der Waals surface area contributed by atoms with Crippen molar-refractivity contribution in [3.63, 3.8) is 0 Å². The van der Waals surface area contributed by atoms with Crippen molar-refractivity contribution in [1.29, 1.82) is 0 Å². The van der Waals surface area contributed by atoms with Crippen LogP contribution in [0.2, 0.25) is 0 Å². The van der Waals surface area contributed by atoms with Crippen molar-refractivity contribution < 1.29 is 9.53 Å². The molecule has 0 saturated heterocycles. The highest BCUT2D eigenvalue weighted by Gasteiger charge is 2.23. The lowest BCUT2D eigenvalue weighted by atomic mass is 9.91. The second-order valence-electron chi connectivity index (χ2n) is 4.76. The first-order valence-electron chi connectivity index (χ1n) is 6.41. The Morgan fingerprint density at radius 2 is 2.17 bits per heavy atom. The van der Waals surface area contributed by atoms with Gasteiger partial charge in [-0.05, 0) is 31.0 Å². The van der Waals surface area contributed by atoms with E-state index in [1.165, 1.54) is 0 Å². The molecule has 4 nitrogen and oxygen atoms in total. The van der Waals surface area contributed by atoms with Crippen LogP contribution in [0.25, 0.3) is 0 Å². The number of nitrogens with one attached hydrogen (secondary N) is 1. The predicted molar refractivity (Wildman–Crippen MR) is 70.7 cm³/mol.